The molecule has 2 heterocycles. The molecule has 9 atom stereocenters. The van der Waals surface area contributed by atoms with E-state index in [0.29, 0.717) is 38.7 Å². The van der Waals surface area contributed by atoms with Crippen molar-refractivity contribution in [3.05, 3.63) is 23.3 Å². The maximum Gasteiger partial charge on any atom is 0.330 e. The first-order valence-electron chi connectivity index (χ1n) is 16.0. The van der Waals surface area contributed by atoms with Crippen LogP contribution in [0.5, 0.6) is 0 Å². The number of carbonyl (C=O) groups is 3. The molecule has 0 radical (unpaired) electrons. The largest absolute Gasteiger partial charge is 0.481 e. The fourth-order valence-corrected chi connectivity index (χ4v) is 11.6. The Kier molecular flexibility index (Phi) is 6.30. The first-order chi connectivity index (χ1) is 19.3. The molecule has 2 saturated heterocycles. The highest BCUT2D eigenvalue weighted by Gasteiger charge is 2.76. The second kappa shape index (κ2) is 8.80. The van der Waals surface area contributed by atoms with Gasteiger partial charge in [-0.05, 0) is 87.0 Å². The van der Waals surface area contributed by atoms with Gasteiger partial charge in [-0.2, -0.15) is 0 Å². The van der Waals surface area contributed by atoms with Gasteiger partial charge in [-0.15, -0.1) is 0 Å². The normalized spacial score (nSPS) is 48.0. The molecule has 6 fully saturated rings. The third-order valence-electron chi connectivity index (χ3n) is 13.9. The molecule has 0 amide bonds. The molecule has 2 bridgehead atoms. The molecule has 9 unspecified atom stereocenters. The number of ether oxygens (including phenoxy) is 2. The van der Waals surface area contributed by atoms with Crippen molar-refractivity contribution < 1.29 is 34.1 Å². The van der Waals surface area contributed by atoms with E-state index < -0.39 is 40.6 Å². The lowest BCUT2D eigenvalue weighted by molar-refractivity contribution is -0.391. The zero-order chi connectivity index (χ0) is 30.9. The molecular formula is C35H50O7. The van der Waals surface area contributed by atoms with E-state index in [-0.39, 0.29) is 39.3 Å². The molecule has 7 nitrogen and oxygen atoms in total. The summed E-state index contributed by atoms with van der Waals surface area (Å²) in [6, 6.07) is 0. The van der Waals surface area contributed by atoms with Crippen LogP contribution in [0.2, 0.25) is 0 Å². The molecule has 0 aromatic carbocycles. The summed E-state index contributed by atoms with van der Waals surface area (Å²) in [5.74, 6) is -2.99. The van der Waals surface area contributed by atoms with Crippen LogP contribution < -0.4 is 0 Å². The lowest BCUT2D eigenvalue weighted by Crippen LogP contribution is -2.74. The molecule has 7 heteroatoms. The number of hydrogen-bond donors (Lipinski definition) is 2. The summed E-state index contributed by atoms with van der Waals surface area (Å²) >= 11 is 0. The van der Waals surface area contributed by atoms with E-state index in [2.05, 4.69) is 41.5 Å². The SMILES string of the molecule is CC(C)=CC(=O)OC1CC(C)(C)CC2C3=CC(=O)C4C56CCC(O)(OC5)C(C)(C)C6CCC4(C)C3(C)CCC12C(=O)O. The average molecular weight is 583 g/mol. The van der Waals surface area contributed by atoms with Crippen molar-refractivity contribution in [1.29, 1.82) is 0 Å². The molecule has 2 aliphatic heterocycles. The number of carboxylic acids is 1. The fourth-order valence-electron chi connectivity index (χ4n) is 11.6. The summed E-state index contributed by atoms with van der Waals surface area (Å²) in [5.41, 5.74) is -1.36. The van der Waals surface area contributed by atoms with Crippen LogP contribution in [0, 0.1) is 50.2 Å². The molecule has 7 aliphatic rings. The van der Waals surface area contributed by atoms with Crippen LogP contribution in [-0.4, -0.2) is 46.4 Å². The Morgan fingerprint density at radius 3 is 2.29 bits per heavy atom. The zero-order valence-corrected chi connectivity index (χ0v) is 26.8. The van der Waals surface area contributed by atoms with Gasteiger partial charge < -0.3 is 19.7 Å². The summed E-state index contributed by atoms with van der Waals surface area (Å²) < 4.78 is 12.3. The van der Waals surface area contributed by atoms with E-state index >= 15 is 0 Å². The molecule has 0 aromatic heterocycles. The third kappa shape index (κ3) is 3.56. The van der Waals surface area contributed by atoms with Gasteiger partial charge in [0.2, 0.25) is 0 Å². The second-order valence-electron chi connectivity index (χ2n) is 16.9. The minimum Gasteiger partial charge on any atom is -0.481 e. The van der Waals surface area contributed by atoms with Crippen LogP contribution in [0.3, 0.4) is 0 Å². The highest BCUT2D eigenvalue weighted by molar-refractivity contribution is 5.96. The quantitative estimate of drug-likeness (QED) is 0.299. The molecule has 0 aromatic rings. The number of carboxylic acid groups (broad SMARTS) is 1. The van der Waals surface area contributed by atoms with Crippen molar-refractivity contribution in [3.8, 4) is 0 Å². The highest BCUT2D eigenvalue weighted by Crippen LogP contribution is 2.77. The topological polar surface area (TPSA) is 110 Å². The third-order valence-corrected chi connectivity index (χ3v) is 13.9. The van der Waals surface area contributed by atoms with Gasteiger partial charge in [0.15, 0.2) is 11.6 Å². The highest BCUT2D eigenvalue weighted by atomic mass is 16.6. The van der Waals surface area contributed by atoms with E-state index in [9.17, 15) is 24.6 Å². The van der Waals surface area contributed by atoms with Gasteiger partial charge in [0.25, 0.3) is 0 Å². The summed E-state index contributed by atoms with van der Waals surface area (Å²) in [7, 11) is 0. The molecule has 5 aliphatic carbocycles. The van der Waals surface area contributed by atoms with Gasteiger partial charge in [0.1, 0.15) is 11.5 Å². The van der Waals surface area contributed by atoms with Gasteiger partial charge in [0.05, 0.1) is 6.61 Å². The molecule has 1 spiro atoms. The maximum absolute atomic E-state index is 14.6. The van der Waals surface area contributed by atoms with Gasteiger partial charge in [-0.3, -0.25) is 9.59 Å². The van der Waals surface area contributed by atoms with Crippen LogP contribution >= 0.6 is 0 Å². The lowest BCUT2D eigenvalue weighted by Gasteiger charge is -2.74. The van der Waals surface area contributed by atoms with Gasteiger partial charge >= 0.3 is 11.9 Å². The smallest absolute Gasteiger partial charge is 0.330 e. The number of aliphatic carboxylic acids is 1. The average Bonchev–Trinajstić information content (AvgIpc) is 2.85. The lowest BCUT2D eigenvalue weighted by atomic mass is 9.32. The van der Waals surface area contributed by atoms with Crippen molar-refractivity contribution in [2.45, 2.75) is 119 Å². The number of fused-ring (bicyclic) bond motifs is 7. The minimum atomic E-state index is -1.28. The second-order valence-corrected chi connectivity index (χ2v) is 16.9. The first-order valence-corrected chi connectivity index (χ1v) is 16.0. The molecular weight excluding hydrogens is 532 g/mol. The standard InChI is InChI=1S/C35H50O7/c1-20(2)15-26(37)42-25-18-29(3,4)17-22-21-16-23(36)27-32(8,31(21,7)11-13-34(22,25)28(38)39)10-9-24-30(5,6)35(40)14-12-33(24,27)19-41-35/h15-16,22,24-25,27,40H,9-14,17-19H2,1-8H3,(H,38,39). The first kappa shape index (κ1) is 30.1. The Morgan fingerprint density at radius 2 is 1.69 bits per heavy atom. The minimum absolute atomic E-state index is 0.0871. The molecule has 42 heavy (non-hydrogen) atoms. The van der Waals surface area contributed by atoms with E-state index in [1.54, 1.807) is 0 Å². The number of allylic oxidation sites excluding steroid dienone is 3. The molecule has 2 N–H and O–H groups in total. The molecule has 4 saturated carbocycles. The Labute approximate surface area is 250 Å². The van der Waals surface area contributed by atoms with Crippen LogP contribution in [0.1, 0.15) is 107 Å². The van der Waals surface area contributed by atoms with Crippen molar-refractivity contribution in [1.82, 2.24) is 0 Å². The van der Waals surface area contributed by atoms with E-state index in [1.807, 2.05) is 19.9 Å². The predicted octanol–water partition coefficient (Wildman–Crippen LogP) is 6.24. The fraction of sp³-hybridized carbons (Fsp3) is 0.800. The Balaban J connectivity index is 1.48. The number of hydrogen-bond acceptors (Lipinski definition) is 6. The van der Waals surface area contributed by atoms with Crippen LogP contribution in [-0.2, 0) is 23.9 Å². The van der Waals surface area contributed by atoms with Gasteiger partial charge in [-0.1, -0.05) is 52.7 Å². The monoisotopic (exact) mass is 582 g/mol. The number of aliphatic hydroxyl groups is 1. The number of esters is 1. The zero-order valence-electron chi connectivity index (χ0n) is 26.8. The predicted molar refractivity (Wildman–Crippen MR) is 157 cm³/mol. The summed E-state index contributed by atoms with van der Waals surface area (Å²) in [6.45, 7) is 17.0. The van der Waals surface area contributed by atoms with Gasteiger partial charge in [-0.25, -0.2) is 4.79 Å². The summed E-state index contributed by atoms with van der Waals surface area (Å²) in [5, 5.41) is 22.4. The van der Waals surface area contributed by atoms with Crippen LogP contribution in [0.15, 0.2) is 23.3 Å². The van der Waals surface area contributed by atoms with Crippen LogP contribution in [0.4, 0.5) is 0 Å². The number of ketones is 1. The Bertz CT molecular complexity index is 1290. The Morgan fingerprint density at radius 1 is 1.00 bits per heavy atom. The number of carbonyl (C=O) groups excluding carboxylic acids is 2. The molecule has 232 valence electrons. The van der Waals surface area contributed by atoms with Gasteiger partial charge in [0, 0.05) is 35.2 Å². The summed E-state index contributed by atoms with van der Waals surface area (Å²) in [6.07, 6.45) is 7.65. The van der Waals surface area contributed by atoms with Crippen LogP contribution in [0.25, 0.3) is 0 Å². The van der Waals surface area contributed by atoms with Crippen molar-refractivity contribution >= 4 is 17.7 Å². The number of rotatable bonds is 3. The van der Waals surface area contributed by atoms with Crippen molar-refractivity contribution in [3.63, 3.8) is 0 Å². The van der Waals surface area contributed by atoms with Crippen molar-refractivity contribution in [2.75, 3.05) is 6.61 Å². The van der Waals surface area contributed by atoms with Crippen molar-refractivity contribution in [2.24, 2.45) is 50.2 Å². The Hall–Kier alpha value is -1.99. The summed E-state index contributed by atoms with van der Waals surface area (Å²) in [4.78, 5) is 40.9. The van der Waals surface area contributed by atoms with E-state index in [0.717, 1.165) is 30.4 Å². The maximum atomic E-state index is 14.6. The molecule has 7 rings (SSSR count). The van der Waals surface area contributed by atoms with E-state index in [1.165, 1.54) is 6.08 Å². The van der Waals surface area contributed by atoms with E-state index in [4.69, 9.17) is 9.47 Å².